The van der Waals surface area contributed by atoms with Crippen LogP contribution in [0, 0.1) is 6.92 Å². The fourth-order valence-corrected chi connectivity index (χ4v) is 1.17. The van der Waals surface area contributed by atoms with Gasteiger partial charge in [-0.1, -0.05) is 0 Å². The molecule has 1 rings (SSSR count). The average Bonchev–Trinajstić information content (AvgIpc) is 2.07. The minimum absolute atomic E-state index is 0.376. The highest BCUT2D eigenvalue weighted by atomic mass is 79.9. The van der Waals surface area contributed by atoms with Crippen LogP contribution in [-0.4, -0.2) is 15.7 Å². The Labute approximate surface area is 77.7 Å². The highest BCUT2D eigenvalue weighted by Crippen LogP contribution is 2.18. The van der Waals surface area contributed by atoms with Crippen LogP contribution in [0.1, 0.15) is 12.6 Å². The van der Waals surface area contributed by atoms with E-state index in [4.69, 9.17) is 0 Å². The summed E-state index contributed by atoms with van der Waals surface area (Å²) in [7, 11) is 0. The van der Waals surface area contributed by atoms with Crippen molar-refractivity contribution < 1.29 is 8.78 Å². The van der Waals surface area contributed by atoms with E-state index in [-0.39, 0.29) is 6.54 Å². The van der Waals surface area contributed by atoms with E-state index in [9.17, 15) is 8.78 Å². The predicted molar refractivity (Wildman–Crippen MR) is 45.3 cm³/mol. The number of aromatic nitrogens is 2. The first-order valence-electron chi connectivity index (χ1n) is 3.46. The molecule has 2 nitrogen and oxygen atoms in total. The molecule has 0 aliphatic heterocycles. The molecule has 1 heterocycles. The van der Waals surface area contributed by atoms with Crippen LogP contribution >= 0.6 is 15.9 Å². The Morgan fingerprint density at radius 1 is 1.67 bits per heavy atom. The quantitative estimate of drug-likeness (QED) is 0.775. The molecule has 0 fully saturated rings. The fourth-order valence-electron chi connectivity index (χ4n) is 0.859. The molecule has 68 valence electrons. The van der Waals surface area contributed by atoms with Gasteiger partial charge in [-0.05, 0) is 22.9 Å². The van der Waals surface area contributed by atoms with E-state index in [1.807, 2.05) is 0 Å². The Bertz CT molecular complexity index is 258. The minimum Gasteiger partial charge on any atom is -0.265 e. The molecule has 0 spiro atoms. The van der Waals surface area contributed by atoms with Crippen molar-refractivity contribution >= 4 is 15.9 Å². The maximum Gasteiger partial charge on any atom is 0.264 e. The topological polar surface area (TPSA) is 17.8 Å². The Hall–Kier alpha value is -0.450. The van der Waals surface area contributed by atoms with Crippen LogP contribution in [0.25, 0.3) is 0 Å². The molecule has 0 aliphatic rings. The molecule has 1 aromatic rings. The van der Waals surface area contributed by atoms with Gasteiger partial charge in [-0.15, -0.1) is 0 Å². The van der Waals surface area contributed by atoms with Gasteiger partial charge in [0.1, 0.15) is 6.54 Å². The van der Waals surface area contributed by atoms with E-state index >= 15 is 0 Å². The van der Waals surface area contributed by atoms with Gasteiger partial charge >= 0.3 is 0 Å². The summed E-state index contributed by atoms with van der Waals surface area (Å²) in [5, 5.41) is 3.89. The lowest BCUT2D eigenvalue weighted by Crippen LogP contribution is -2.19. The first-order chi connectivity index (χ1) is 5.38. The number of hydrogen-bond acceptors (Lipinski definition) is 1. The minimum atomic E-state index is -2.71. The average molecular weight is 239 g/mol. The van der Waals surface area contributed by atoms with Crippen LogP contribution < -0.4 is 0 Å². The number of aryl methyl sites for hydroxylation is 1. The second kappa shape index (κ2) is 3.12. The van der Waals surface area contributed by atoms with Crippen molar-refractivity contribution in [3.8, 4) is 0 Å². The third-order valence-corrected chi connectivity index (χ3v) is 2.10. The molecule has 0 N–H and O–H groups in total. The Kier molecular flexibility index (Phi) is 2.51. The van der Waals surface area contributed by atoms with Crippen molar-refractivity contribution in [2.45, 2.75) is 26.3 Å². The molecule has 0 atom stereocenters. The molecule has 0 saturated heterocycles. The Morgan fingerprint density at radius 2 is 2.25 bits per heavy atom. The summed E-state index contributed by atoms with van der Waals surface area (Å²) in [6.07, 6.45) is 1.55. The summed E-state index contributed by atoms with van der Waals surface area (Å²) in [5.41, 5.74) is 0.722. The number of hydrogen-bond donors (Lipinski definition) is 0. The molecule has 0 unspecified atom stereocenters. The monoisotopic (exact) mass is 238 g/mol. The van der Waals surface area contributed by atoms with E-state index in [0.29, 0.717) is 0 Å². The fraction of sp³-hybridized carbons (Fsp3) is 0.571. The Balaban J connectivity index is 2.77. The third kappa shape index (κ3) is 2.55. The van der Waals surface area contributed by atoms with Crippen LogP contribution in [0.2, 0.25) is 0 Å². The molecule has 0 bridgehead atoms. The lowest BCUT2D eigenvalue weighted by atomic mass is 10.4. The molecule has 1 aromatic heterocycles. The van der Waals surface area contributed by atoms with Gasteiger partial charge in [-0.25, -0.2) is 8.78 Å². The summed E-state index contributed by atoms with van der Waals surface area (Å²) in [5.74, 6) is -2.71. The highest BCUT2D eigenvalue weighted by Gasteiger charge is 2.22. The van der Waals surface area contributed by atoms with Crippen molar-refractivity contribution in [1.29, 1.82) is 0 Å². The molecule has 0 radical (unpaired) electrons. The predicted octanol–water partition coefficient (Wildman–Crippen LogP) is 2.61. The summed E-state index contributed by atoms with van der Waals surface area (Å²) >= 11 is 3.20. The smallest absolute Gasteiger partial charge is 0.264 e. The first kappa shape index (κ1) is 9.64. The van der Waals surface area contributed by atoms with Gasteiger partial charge in [0.15, 0.2) is 0 Å². The zero-order valence-electron chi connectivity index (χ0n) is 6.81. The van der Waals surface area contributed by atoms with Gasteiger partial charge in [-0.2, -0.15) is 5.10 Å². The standard InChI is InChI=1S/C7H9BrF2N2/c1-5-6(8)3-12(11-5)4-7(2,9)10/h3H,4H2,1-2H3. The molecule has 0 amide bonds. The molecule has 0 saturated carbocycles. The lowest BCUT2D eigenvalue weighted by Gasteiger charge is -2.08. The zero-order chi connectivity index (χ0) is 9.35. The van der Waals surface area contributed by atoms with Crippen molar-refractivity contribution in [3.05, 3.63) is 16.4 Å². The summed E-state index contributed by atoms with van der Waals surface area (Å²) in [4.78, 5) is 0. The first-order valence-corrected chi connectivity index (χ1v) is 4.25. The second-order valence-electron chi connectivity index (χ2n) is 2.83. The molecule has 0 aromatic carbocycles. The molecule has 12 heavy (non-hydrogen) atoms. The third-order valence-electron chi connectivity index (χ3n) is 1.33. The molecular formula is C7H9BrF2N2. The van der Waals surface area contributed by atoms with Gasteiger partial charge in [0.25, 0.3) is 5.92 Å². The second-order valence-corrected chi connectivity index (χ2v) is 3.68. The SMILES string of the molecule is Cc1nn(CC(C)(F)F)cc1Br. The molecule has 5 heteroatoms. The maximum atomic E-state index is 12.5. The number of alkyl halides is 2. The van der Waals surface area contributed by atoms with Crippen molar-refractivity contribution in [1.82, 2.24) is 9.78 Å². The van der Waals surface area contributed by atoms with Crippen molar-refractivity contribution in [2.24, 2.45) is 0 Å². The largest absolute Gasteiger partial charge is 0.265 e. The van der Waals surface area contributed by atoms with Crippen molar-refractivity contribution in [2.75, 3.05) is 0 Å². The summed E-state index contributed by atoms with van der Waals surface area (Å²) in [6, 6.07) is 0. The van der Waals surface area contributed by atoms with E-state index in [0.717, 1.165) is 17.1 Å². The summed E-state index contributed by atoms with van der Waals surface area (Å²) < 4.78 is 26.9. The lowest BCUT2D eigenvalue weighted by molar-refractivity contribution is 0.000523. The van der Waals surface area contributed by atoms with Crippen LogP contribution in [0.15, 0.2) is 10.7 Å². The van der Waals surface area contributed by atoms with E-state index in [1.165, 1.54) is 4.68 Å². The van der Waals surface area contributed by atoms with Crippen molar-refractivity contribution in [3.63, 3.8) is 0 Å². The zero-order valence-corrected chi connectivity index (χ0v) is 8.40. The molecular weight excluding hydrogens is 230 g/mol. The van der Waals surface area contributed by atoms with Crippen LogP contribution in [0.4, 0.5) is 8.78 Å². The van der Waals surface area contributed by atoms with E-state index < -0.39 is 5.92 Å². The maximum absolute atomic E-state index is 12.5. The van der Waals surface area contributed by atoms with Gasteiger partial charge in [0.05, 0.1) is 10.2 Å². The van der Waals surface area contributed by atoms with E-state index in [1.54, 1.807) is 13.1 Å². The Morgan fingerprint density at radius 3 is 2.58 bits per heavy atom. The number of nitrogens with zero attached hydrogens (tertiary/aromatic N) is 2. The van der Waals surface area contributed by atoms with Gasteiger partial charge < -0.3 is 0 Å². The molecule has 0 aliphatic carbocycles. The van der Waals surface area contributed by atoms with Crippen LogP contribution in [0.3, 0.4) is 0 Å². The van der Waals surface area contributed by atoms with E-state index in [2.05, 4.69) is 21.0 Å². The van der Waals surface area contributed by atoms with Gasteiger partial charge in [-0.3, -0.25) is 4.68 Å². The summed E-state index contributed by atoms with van der Waals surface area (Å²) in [6.45, 7) is 2.26. The van der Waals surface area contributed by atoms with Gasteiger partial charge in [0.2, 0.25) is 0 Å². The number of halogens is 3. The highest BCUT2D eigenvalue weighted by molar-refractivity contribution is 9.10. The number of rotatable bonds is 2. The normalized spacial score (nSPS) is 12.1. The van der Waals surface area contributed by atoms with Crippen LogP contribution in [-0.2, 0) is 6.54 Å². The van der Waals surface area contributed by atoms with Crippen LogP contribution in [0.5, 0.6) is 0 Å². The van der Waals surface area contributed by atoms with Gasteiger partial charge in [0, 0.05) is 13.1 Å².